The lowest BCUT2D eigenvalue weighted by Gasteiger charge is -2.18. The average molecular weight is 380 g/mol. The molecule has 2 aromatic rings. The van der Waals surface area contributed by atoms with Gasteiger partial charge in [0.2, 0.25) is 0 Å². The van der Waals surface area contributed by atoms with E-state index in [0.717, 1.165) is 28.1 Å². The highest BCUT2D eigenvalue weighted by Crippen LogP contribution is 2.34. The van der Waals surface area contributed by atoms with E-state index in [4.69, 9.17) is 9.47 Å². The molecule has 27 heavy (non-hydrogen) atoms. The Morgan fingerprint density at radius 3 is 2.48 bits per heavy atom. The number of aliphatic imine (C=N–C) groups is 1. The maximum Gasteiger partial charge on any atom is 0.264 e. The quantitative estimate of drug-likeness (QED) is 0.790. The number of amides is 1. The molecule has 0 unspecified atom stereocenters. The number of aryl methyl sites for hydroxylation is 3. The first-order chi connectivity index (χ1) is 13.0. The molecule has 2 aromatic carbocycles. The number of hydrogen-bond donors (Lipinski definition) is 1. The van der Waals surface area contributed by atoms with Crippen molar-refractivity contribution in [2.45, 2.75) is 20.8 Å². The van der Waals surface area contributed by atoms with Gasteiger partial charge in [-0.3, -0.25) is 4.79 Å². The molecular formula is C21H20N2O3S. The van der Waals surface area contributed by atoms with Gasteiger partial charge in [0.1, 0.15) is 13.2 Å². The van der Waals surface area contributed by atoms with Gasteiger partial charge >= 0.3 is 0 Å². The van der Waals surface area contributed by atoms with Crippen molar-refractivity contribution in [1.29, 1.82) is 0 Å². The first-order valence-corrected chi connectivity index (χ1v) is 9.58. The average Bonchev–Trinajstić information content (AvgIpc) is 2.97. The van der Waals surface area contributed by atoms with Crippen molar-refractivity contribution in [3.8, 4) is 11.5 Å². The zero-order valence-corrected chi connectivity index (χ0v) is 16.3. The fourth-order valence-electron chi connectivity index (χ4n) is 3.23. The first-order valence-electron chi connectivity index (χ1n) is 8.77. The van der Waals surface area contributed by atoms with Crippen LogP contribution in [-0.2, 0) is 4.79 Å². The monoisotopic (exact) mass is 380 g/mol. The molecule has 1 N–H and O–H groups in total. The van der Waals surface area contributed by atoms with Crippen molar-refractivity contribution in [2.75, 3.05) is 13.2 Å². The number of nitrogens with zero attached hydrogens (tertiary/aromatic N) is 1. The van der Waals surface area contributed by atoms with Crippen molar-refractivity contribution < 1.29 is 14.3 Å². The van der Waals surface area contributed by atoms with Crippen LogP contribution in [0.25, 0.3) is 6.08 Å². The Kier molecular flexibility index (Phi) is 4.66. The maximum absolute atomic E-state index is 12.4. The molecule has 0 saturated carbocycles. The molecule has 6 heteroatoms. The molecule has 0 aromatic heterocycles. The van der Waals surface area contributed by atoms with E-state index in [1.807, 2.05) is 38.1 Å². The predicted molar refractivity (Wildman–Crippen MR) is 109 cm³/mol. The third kappa shape index (κ3) is 3.71. The highest BCUT2D eigenvalue weighted by molar-refractivity contribution is 8.18. The Balaban J connectivity index is 1.60. The number of hydrogen-bond acceptors (Lipinski definition) is 5. The third-order valence-corrected chi connectivity index (χ3v) is 5.27. The molecule has 4 rings (SSSR count). The summed E-state index contributed by atoms with van der Waals surface area (Å²) in [4.78, 5) is 17.6. The lowest BCUT2D eigenvalue weighted by Crippen LogP contribution is -2.19. The summed E-state index contributed by atoms with van der Waals surface area (Å²) in [6, 6.07) is 9.86. The second-order valence-corrected chi connectivity index (χ2v) is 7.66. The number of nitrogens with one attached hydrogen (secondary N) is 1. The number of rotatable bonds is 2. The fourth-order valence-corrected chi connectivity index (χ4v) is 4.06. The summed E-state index contributed by atoms with van der Waals surface area (Å²) in [6.45, 7) is 7.23. The van der Waals surface area contributed by atoms with Crippen LogP contribution in [-0.4, -0.2) is 24.3 Å². The third-order valence-electron chi connectivity index (χ3n) is 4.36. The van der Waals surface area contributed by atoms with Crippen molar-refractivity contribution in [2.24, 2.45) is 4.99 Å². The summed E-state index contributed by atoms with van der Waals surface area (Å²) in [7, 11) is 0. The summed E-state index contributed by atoms with van der Waals surface area (Å²) < 4.78 is 11.1. The van der Waals surface area contributed by atoms with E-state index in [1.165, 1.54) is 17.3 Å². The number of carbonyl (C=O) groups excluding carboxylic acids is 1. The second-order valence-electron chi connectivity index (χ2n) is 6.63. The van der Waals surface area contributed by atoms with Gasteiger partial charge in [-0.05, 0) is 67.4 Å². The standard InChI is InChI=1S/C21H20N2O3S/c1-12-8-13(2)19(14(3)9-12)22-21-23-20(24)18(27-21)11-15-4-5-16-17(10-15)26-7-6-25-16/h4-5,8-11H,6-7H2,1-3H3,(H,22,23,24)/b18-11-. The summed E-state index contributed by atoms with van der Waals surface area (Å²) in [5.74, 6) is 1.30. The summed E-state index contributed by atoms with van der Waals surface area (Å²) in [5, 5.41) is 3.45. The molecule has 1 saturated heterocycles. The van der Waals surface area contributed by atoms with Gasteiger partial charge in [-0.1, -0.05) is 23.8 Å². The molecule has 2 aliphatic heterocycles. The SMILES string of the molecule is Cc1cc(C)c(/N=C2/NC(=O)/C(=C/c3ccc4c(c3)OCCO4)S2)c(C)c1. The molecule has 1 amide bonds. The number of amidine groups is 1. The minimum Gasteiger partial charge on any atom is -0.486 e. The van der Waals surface area contributed by atoms with Crippen molar-refractivity contribution in [1.82, 2.24) is 5.32 Å². The van der Waals surface area contributed by atoms with Crippen molar-refractivity contribution in [3.63, 3.8) is 0 Å². The zero-order valence-electron chi connectivity index (χ0n) is 15.5. The number of thioether (sulfide) groups is 1. The van der Waals surface area contributed by atoms with Gasteiger partial charge in [0.15, 0.2) is 16.7 Å². The van der Waals surface area contributed by atoms with Crippen LogP contribution in [0.1, 0.15) is 22.3 Å². The Hall–Kier alpha value is -2.73. The topological polar surface area (TPSA) is 59.9 Å². The maximum atomic E-state index is 12.4. The smallest absolute Gasteiger partial charge is 0.264 e. The number of fused-ring (bicyclic) bond motifs is 1. The normalized spacial score (nSPS) is 18.9. The molecule has 2 heterocycles. The van der Waals surface area contributed by atoms with E-state index in [9.17, 15) is 4.79 Å². The minimum atomic E-state index is -0.143. The van der Waals surface area contributed by atoms with Crippen LogP contribution in [0.3, 0.4) is 0 Å². The molecular weight excluding hydrogens is 360 g/mol. The first kappa shape index (κ1) is 17.7. The molecule has 5 nitrogen and oxygen atoms in total. The van der Waals surface area contributed by atoms with Gasteiger partial charge < -0.3 is 14.8 Å². The minimum absolute atomic E-state index is 0.143. The molecule has 0 aliphatic carbocycles. The number of carbonyl (C=O) groups is 1. The van der Waals surface area contributed by atoms with Crippen LogP contribution >= 0.6 is 11.8 Å². The highest BCUT2D eigenvalue weighted by Gasteiger charge is 2.24. The summed E-state index contributed by atoms with van der Waals surface area (Å²) in [5.41, 5.74) is 5.19. The molecule has 0 radical (unpaired) electrons. The van der Waals surface area contributed by atoms with Crippen LogP contribution in [0.2, 0.25) is 0 Å². The van der Waals surface area contributed by atoms with Crippen LogP contribution in [0, 0.1) is 20.8 Å². The second kappa shape index (κ2) is 7.12. The van der Waals surface area contributed by atoms with E-state index in [1.54, 1.807) is 0 Å². The molecule has 138 valence electrons. The molecule has 1 fully saturated rings. The van der Waals surface area contributed by atoms with Crippen LogP contribution < -0.4 is 14.8 Å². The largest absolute Gasteiger partial charge is 0.486 e. The van der Waals surface area contributed by atoms with E-state index in [-0.39, 0.29) is 5.91 Å². The van der Waals surface area contributed by atoms with Crippen LogP contribution in [0.4, 0.5) is 5.69 Å². The number of benzene rings is 2. The lowest BCUT2D eigenvalue weighted by atomic mass is 10.1. The van der Waals surface area contributed by atoms with Gasteiger partial charge in [-0.15, -0.1) is 0 Å². The number of ether oxygens (including phenoxy) is 2. The van der Waals surface area contributed by atoms with Gasteiger partial charge in [-0.2, -0.15) is 0 Å². The van der Waals surface area contributed by atoms with Crippen LogP contribution in [0.15, 0.2) is 40.2 Å². The summed E-state index contributed by atoms with van der Waals surface area (Å²) >= 11 is 1.35. The summed E-state index contributed by atoms with van der Waals surface area (Å²) in [6.07, 6.45) is 1.84. The predicted octanol–water partition coefficient (Wildman–Crippen LogP) is 4.27. The fraction of sp³-hybridized carbons (Fsp3) is 0.238. The lowest BCUT2D eigenvalue weighted by molar-refractivity contribution is -0.115. The molecule has 0 spiro atoms. The zero-order chi connectivity index (χ0) is 19.0. The Labute approximate surface area is 162 Å². The van der Waals surface area contributed by atoms with Gasteiger partial charge in [0.25, 0.3) is 5.91 Å². The van der Waals surface area contributed by atoms with E-state index in [2.05, 4.69) is 29.4 Å². The van der Waals surface area contributed by atoms with Gasteiger partial charge in [0.05, 0.1) is 10.6 Å². The van der Waals surface area contributed by atoms with E-state index >= 15 is 0 Å². The Morgan fingerprint density at radius 2 is 1.74 bits per heavy atom. The van der Waals surface area contributed by atoms with E-state index < -0.39 is 0 Å². The molecule has 2 aliphatic rings. The van der Waals surface area contributed by atoms with Crippen molar-refractivity contribution >= 4 is 34.6 Å². The molecule has 0 atom stereocenters. The van der Waals surface area contributed by atoms with Gasteiger partial charge in [-0.25, -0.2) is 4.99 Å². The Morgan fingerprint density at radius 1 is 1.04 bits per heavy atom. The van der Waals surface area contributed by atoms with Crippen LogP contribution in [0.5, 0.6) is 11.5 Å². The van der Waals surface area contributed by atoms with Crippen molar-refractivity contribution in [3.05, 3.63) is 57.5 Å². The van der Waals surface area contributed by atoms with E-state index in [0.29, 0.717) is 29.0 Å². The molecule has 0 bridgehead atoms. The highest BCUT2D eigenvalue weighted by atomic mass is 32.2. The Bertz CT molecular complexity index is 972. The van der Waals surface area contributed by atoms with Gasteiger partial charge in [0, 0.05) is 0 Å².